The van der Waals surface area contributed by atoms with Gasteiger partial charge < -0.3 is 10.4 Å². The van der Waals surface area contributed by atoms with E-state index in [1.165, 1.54) is 12.1 Å². The van der Waals surface area contributed by atoms with Gasteiger partial charge in [-0.05, 0) is 31.9 Å². The Morgan fingerprint density at radius 2 is 1.94 bits per heavy atom. The Kier molecular flexibility index (Phi) is 5.96. The molecule has 4 heteroatoms. The zero-order valence-electron chi connectivity index (χ0n) is 9.18. The smallest absolute Gasteiger partial charge is 0.130 e. The van der Waals surface area contributed by atoms with Crippen LogP contribution in [0.5, 0.6) is 0 Å². The van der Waals surface area contributed by atoms with E-state index >= 15 is 0 Å². The first-order valence-corrected chi connectivity index (χ1v) is 5.49. The van der Waals surface area contributed by atoms with Gasteiger partial charge >= 0.3 is 0 Å². The number of aliphatic hydroxyl groups is 1. The van der Waals surface area contributed by atoms with E-state index < -0.39 is 11.6 Å². The fraction of sp³-hybridized carbons (Fsp3) is 0.500. The van der Waals surface area contributed by atoms with Crippen LogP contribution < -0.4 is 5.32 Å². The Labute approximate surface area is 94.3 Å². The number of benzene rings is 1. The molecule has 0 aliphatic rings. The van der Waals surface area contributed by atoms with Gasteiger partial charge in [0.2, 0.25) is 0 Å². The molecule has 1 aromatic carbocycles. The number of aliphatic hydroxyl groups excluding tert-OH is 1. The molecule has 0 heterocycles. The minimum absolute atomic E-state index is 0.215. The van der Waals surface area contributed by atoms with Crippen LogP contribution in [0, 0.1) is 11.6 Å². The summed E-state index contributed by atoms with van der Waals surface area (Å²) in [5.41, 5.74) is 0.476. The van der Waals surface area contributed by atoms with Gasteiger partial charge in [-0.2, -0.15) is 0 Å². The molecule has 0 atom stereocenters. The van der Waals surface area contributed by atoms with E-state index in [1.54, 1.807) is 0 Å². The molecule has 0 saturated heterocycles. The minimum Gasteiger partial charge on any atom is -0.396 e. The molecule has 0 radical (unpaired) electrons. The molecule has 90 valence electrons. The molecule has 0 saturated carbocycles. The summed E-state index contributed by atoms with van der Waals surface area (Å²) in [6.07, 6.45) is 2.70. The van der Waals surface area contributed by atoms with Crippen LogP contribution in [0.3, 0.4) is 0 Å². The van der Waals surface area contributed by atoms with E-state index in [2.05, 4.69) is 5.32 Å². The summed E-state index contributed by atoms with van der Waals surface area (Å²) >= 11 is 0. The van der Waals surface area contributed by atoms with Crippen molar-refractivity contribution in [2.45, 2.75) is 25.8 Å². The third kappa shape index (κ3) is 4.68. The van der Waals surface area contributed by atoms with Crippen LogP contribution in [0.2, 0.25) is 0 Å². The van der Waals surface area contributed by atoms with Crippen LogP contribution in [0.1, 0.15) is 24.8 Å². The van der Waals surface area contributed by atoms with Crippen LogP contribution in [0.15, 0.2) is 18.2 Å². The molecule has 0 fully saturated rings. The third-order valence-corrected chi connectivity index (χ3v) is 2.34. The monoisotopic (exact) mass is 229 g/mol. The van der Waals surface area contributed by atoms with Gasteiger partial charge in [0.15, 0.2) is 0 Å². The summed E-state index contributed by atoms with van der Waals surface area (Å²) in [5.74, 6) is -1.06. The Morgan fingerprint density at radius 3 is 2.62 bits per heavy atom. The lowest BCUT2D eigenvalue weighted by molar-refractivity contribution is 0.283. The number of halogens is 2. The molecule has 16 heavy (non-hydrogen) atoms. The molecule has 2 nitrogen and oxygen atoms in total. The van der Waals surface area contributed by atoms with Gasteiger partial charge in [-0.25, -0.2) is 8.78 Å². The summed E-state index contributed by atoms with van der Waals surface area (Å²) in [4.78, 5) is 0. The molecule has 0 aromatic heterocycles. The molecule has 0 bridgehead atoms. The lowest BCUT2D eigenvalue weighted by Gasteiger charge is -2.05. The molecule has 0 amide bonds. The fourth-order valence-corrected chi connectivity index (χ4v) is 1.43. The number of rotatable bonds is 7. The van der Waals surface area contributed by atoms with Crippen LogP contribution >= 0.6 is 0 Å². The van der Waals surface area contributed by atoms with Crippen LogP contribution in [-0.2, 0) is 6.54 Å². The Morgan fingerprint density at radius 1 is 1.12 bits per heavy atom. The lowest BCUT2D eigenvalue weighted by Crippen LogP contribution is -2.15. The molecular weight excluding hydrogens is 212 g/mol. The number of unbranched alkanes of at least 4 members (excludes halogenated alkanes) is 2. The number of nitrogens with one attached hydrogen (secondary N) is 1. The highest BCUT2D eigenvalue weighted by molar-refractivity contribution is 5.18. The van der Waals surface area contributed by atoms with Crippen molar-refractivity contribution in [3.63, 3.8) is 0 Å². The molecule has 0 aliphatic carbocycles. The van der Waals surface area contributed by atoms with Crippen molar-refractivity contribution in [2.75, 3.05) is 13.2 Å². The van der Waals surface area contributed by atoms with Crippen molar-refractivity contribution in [3.05, 3.63) is 35.4 Å². The first-order valence-electron chi connectivity index (χ1n) is 5.49. The highest BCUT2D eigenvalue weighted by atomic mass is 19.1. The number of hydrogen-bond donors (Lipinski definition) is 2. The van der Waals surface area contributed by atoms with Gasteiger partial charge in [0.05, 0.1) is 0 Å². The predicted octanol–water partition coefficient (Wildman–Crippen LogP) is 2.22. The molecule has 2 N–H and O–H groups in total. The molecular formula is C12H17F2NO. The largest absolute Gasteiger partial charge is 0.396 e. The normalized spacial score (nSPS) is 10.7. The summed E-state index contributed by atoms with van der Waals surface area (Å²) in [6, 6.07) is 3.60. The Hall–Kier alpha value is -1.00. The highest BCUT2D eigenvalue weighted by Gasteiger charge is 2.02. The van der Waals surface area contributed by atoms with Crippen LogP contribution in [0.4, 0.5) is 8.78 Å². The average Bonchev–Trinajstić information content (AvgIpc) is 2.26. The second-order valence-electron chi connectivity index (χ2n) is 3.70. The first-order chi connectivity index (χ1) is 7.74. The Bertz CT molecular complexity index is 318. The van der Waals surface area contributed by atoms with E-state index in [1.807, 2.05) is 0 Å². The van der Waals surface area contributed by atoms with E-state index in [0.29, 0.717) is 12.1 Å². The maximum absolute atomic E-state index is 13.2. The van der Waals surface area contributed by atoms with Crippen molar-refractivity contribution in [3.8, 4) is 0 Å². The standard InChI is InChI=1S/C12H17F2NO/c13-11-5-4-10(12(14)8-11)9-15-6-2-1-3-7-16/h4-5,8,15-16H,1-3,6-7,9H2. The van der Waals surface area contributed by atoms with Gasteiger partial charge in [0.1, 0.15) is 11.6 Å². The van der Waals surface area contributed by atoms with Crippen molar-refractivity contribution in [2.24, 2.45) is 0 Å². The minimum atomic E-state index is -0.552. The van der Waals surface area contributed by atoms with Crippen molar-refractivity contribution in [1.82, 2.24) is 5.32 Å². The maximum Gasteiger partial charge on any atom is 0.130 e. The van der Waals surface area contributed by atoms with Crippen LogP contribution in [0.25, 0.3) is 0 Å². The van der Waals surface area contributed by atoms with Crippen molar-refractivity contribution >= 4 is 0 Å². The SMILES string of the molecule is OCCCCCNCc1ccc(F)cc1F. The quantitative estimate of drug-likeness (QED) is 0.703. The van der Waals surface area contributed by atoms with Gasteiger partial charge in [-0.3, -0.25) is 0 Å². The van der Waals surface area contributed by atoms with Crippen molar-refractivity contribution in [1.29, 1.82) is 0 Å². The molecule has 1 aromatic rings. The van der Waals surface area contributed by atoms with Crippen molar-refractivity contribution < 1.29 is 13.9 Å². The van der Waals surface area contributed by atoms with Gasteiger partial charge in [-0.1, -0.05) is 6.07 Å². The first kappa shape index (κ1) is 13.1. The molecule has 0 aliphatic heterocycles. The summed E-state index contributed by atoms with van der Waals surface area (Å²) in [5, 5.41) is 11.6. The van der Waals surface area contributed by atoms with Crippen LogP contribution in [-0.4, -0.2) is 18.3 Å². The number of hydrogen-bond acceptors (Lipinski definition) is 2. The molecule has 1 rings (SSSR count). The second kappa shape index (κ2) is 7.30. The summed E-state index contributed by atoms with van der Waals surface area (Å²) in [7, 11) is 0. The third-order valence-electron chi connectivity index (χ3n) is 2.34. The van der Waals surface area contributed by atoms with Gasteiger partial charge in [0.25, 0.3) is 0 Å². The maximum atomic E-state index is 13.2. The van der Waals surface area contributed by atoms with E-state index in [4.69, 9.17) is 5.11 Å². The second-order valence-corrected chi connectivity index (χ2v) is 3.70. The lowest BCUT2D eigenvalue weighted by atomic mass is 10.2. The van der Waals surface area contributed by atoms with Gasteiger partial charge in [0, 0.05) is 24.8 Å². The van der Waals surface area contributed by atoms with E-state index in [-0.39, 0.29) is 6.61 Å². The zero-order valence-corrected chi connectivity index (χ0v) is 9.18. The van der Waals surface area contributed by atoms with Gasteiger partial charge in [-0.15, -0.1) is 0 Å². The van der Waals surface area contributed by atoms with E-state index in [0.717, 1.165) is 31.9 Å². The predicted molar refractivity (Wildman–Crippen MR) is 59.0 cm³/mol. The average molecular weight is 229 g/mol. The summed E-state index contributed by atoms with van der Waals surface area (Å²) in [6.45, 7) is 1.40. The van der Waals surface area contributed by atoms with E-state index in [9.17, 15) is 8.78 Å². The Balaban J connectivity index is 2.21. The molecule has 0 unspecified atom stereocenters. The summed E-state index contributed by atoms with van der Waals surface area (Å²) < 4.78 is 25.8. The molecule has 0 spiro atoms. The topological polar surface area (TPSA) is 32.3 Å². The highest BCUT2D eigenvalue weighted by Crippen LogP contribution is 2.08. The zero-order chi connectivity index (χ0) is 11.8. The fourth-order valence-electron chi connectivity index (χ4n) is 1.43.